The minimum Gasteiger partial charge on any atom is -0.461 e. The predicted molar refractivity (Wildman–Crippen MR) is 72.2 cm³/mol. The zero-order valence-electron chi connectivity index (χ0n) is 9.50. The Morgan fingerprint density at radius 1 is 1.50 bits per heavy atom. The van der Waals surface area contributed by atoms with Crippen LogP contribution in [-0.4, -0.2) is 32.3 Å². The molecule has 0 bridgehead atoms. The van der Waals surface area contributed by atoms with Crippen LogP contribution in [0.3, 0.4) is 0 Å². The highest BCUT2D eigenvalue weighted by Crippen LogP contribution is 2.13. The maximum absolute atomic E-state index is 11.5. The van der Waals surface area contributed by atoms with Gasteiger partial charge in [-0.1, -0.05) is 0 Å². The summed E-state index contributed by atoms with van der Waals surface area (Å²) < 4.78 is 7.09. The molecule has 0 saturated heterocycles. The van der Waals surface area contributed by atoms with Crippen molar-refractivity contribution >= 4 is 34.2 Å². The Balaban J connectivity index is 2.34. The van der Waals surface area contributed by atoms with Gasteiger partial charge in [-0.15, -0.1) is 0 Å². The number of nitrogens with zero attached hydrogens (tertiary/aromatic N) is 4. The number of ether oxygens (including phenoxy) is 1. The Kier molecular flexibility index (Phi) is 3.75. The van der Waals surface area contributed by atoms with Crippen molar-refractivity contribution < 1.29 is 9.53 Å². The Hall–Kier alpha value is -1.71. The van der Waals surface area contributed by atoms with Gasteiger partial charge in [-0.2, -0.15) is 5.10 Å². The molecule has 0 aromatic carbocycles. The Labute approximate surface area is 117 Å². The molecule has 0 aliphatic carbocycles. The van der Waals surface area contributed by atoms with Crippen molar-refractivity contribution in [3.05, 3.63) is 27.9 Å². The number of carbonyl (C=O) groups excluding carboxylic acids is 1. The molecule has 0 unspecified atom stereocenters. The molecule has 0 aliphatic rings. The summed E-state index contributed by atoms with van der Waals surface area (Å²) >= 11 is 2.10. The lowest BCUT2D eigenvalue weighted by molar-refractivity contribution is 0.0520. The predicted octanol–water partition coefficient (Wildman–Crippen LogP) is 1.03. The first-order valence-corrected chi connectivity index (χ1v) is 6.20. The highest BCUT2D eigenvalue weighted by atomic mass is 127. The van der Waals surface area contributed by atoms with Crippen LogP contribution in [0.15, 0.2) is 18.6 Å². The zero-order valence-corrected chi connectivity index (χ0v) is 11.7. The van der Waals surface area contributed by atoms with Gasteiger partial charge in [0, 0.05) is 16.0 Å². The molecule has 0 atom stereocenters. The van der Waals surface area contributed by atoms with Crippen molar-refractivity contribution in [3.8, 4) is 5.95 Å². The lowest BCUT2D eigenvalue weighted by Crippen LogP contribution is -2.09. The molecule has 8 heteroatoms. The van der Waals surface area contributed by atoms with Gasteiger partial charge in [0.25, 0.3) is 5.95 Å². The molecule has 0 saturated carbocycles. The molecule has 0 spiro atoms. The fraction of sp³-hybridized carbons (Fsp3) is 0.200. The first kappa shape index (κ1) is 12.7. The molecule has 0 radical (unpaired) electrons. The van der Waals surface area contributed by atoms with Crippen molar-refractivity contribution in [1.29, 1.82) is 0 Å². The van der Waals surface area contributed by atoms with E-state index < -0.39 is 5.97 Å². The molecule has 0 fully saturated rings. The van der Waals surface area contributed by atoms with E-state index in [2.05, 4.69) is 37.7 Å². The first-order chi connectivity index (χ1) is 8.61. The molecule has 2 N–H and O–H groups in total. The minimum absolute atomic E-state index is 0.0685. The lowest BCUT2D eigenvalue weighted by atomic mass is 10.4. The van der Waals surface area contributed by atoms with Crippen LogP contribution in [0.4, 0.5) is 5.69 Å². The number of carbonyl (C=O) groups is 1. The fourth-order valence-corrected chi connectivity index (χ4v) is 1.55. The maximum atomic E-state index is 11.5. The Morgan fingerprint density at radius 3 is 2.78 bits per heavy atom. The zero-order chi connectivity index (χ0) is 13.1. The highest BCUT2D eigenvalue weighted by Gasteiger charge is 2.17. The van der Waals surface area contributed by atoms with Gasteiger partial charge in [-0.25, -0.2) is 19.4 Å². The summed E-state index contributed by atoms with van der Waals surface area (Å²) in [7, 11) is 0. The SMILES string of the molecule is CCOC(=O)c1nn(-c2ncc(I)cn2)cc1N. The molecule has 18 heavy (non-hydrogen) atoms. The molecule has 2 heterocycles. The number of nitrogen functional groups attached to an aromatic ring is 1. The summed E-state index contributed by atoms with van der Waals surface area (Å²) in [6, 6.07) is 0. The third kappa shape index (κ3) is 2.58. The van der Waals surface area contributed by atoms with Gasteiger partial charge in [0.15, 0.2) is 5.69 Å². The number of nitrogens with two attached hydrogens (primary N) is 1. The van der Waals surface area contributed by atoms with Gasteiger partial charge in [0.1, 0.15) is 0 Å². The summed E-state index contributed by atoms with van der Waals surface area (Å²) in [6.07, 6.45) is 4.77. The van der Waals surface area contributed by atoms with E-state index >= 15 is 0 Å². The van der Waals surface area contributed by atoms with E-state index in [0.29, 0.717) is 5.95 Å². The topological polar surface area (TPSA) is 95.9 Å². The number of halogens is 1. The maximum Gasteiger partial charge on any atom is 0.361 e. The average Bonchev–Trinajstić information content (AvgIpc) is 2.72. The summed E-state index contributed by atoms with van der Waals surface area (Å²) in [5, 5.41) is 4.02. The number of anilines is 1. The van der Waals surface area contributed by atoms with Gasteiger partial charge in [0.2, 0.25) is 0 Å². The van der Waals surface area contributed by atoms with Crippen LogP contribution in [0.5, 0.6) is 0 Å². The molecule has 0 aliphatic heterocycles. The quantitative estimate of drug-likeness (QED) is 0.650. The molecule has 2 aromatic rings. The van der Waals surface area contributed by atoms with Gasteiger partial charge in [0.05, 0.1) is 18.5 Å². The van der Waals surface area contributed by atoms with E-state index in [1.165, 1.54) is 10.9 Å². The summed E-state index contributed by atoms with van der Waals surface area (Å²) in [5.74, 6) is -0.211. The smallest absolute Gasteiger partial charge is 0.361 e. The summed E-state index contributed by atoms with van der Waals surface area (Å²) in [4.78, 5) is 19.7. The van der Waals surface area contributed by atoms with Crippen LogP contribution in [0.25, 0.3) is 5.95 Å². The Bertz CT molecular complexity index is 566. The van der Waals surface area contributed by atoms with E-state index in [4.69, 9.17) is 10.5 Å². The molecular weight excluding hydrogens is 349 g/mol. The van der Waals surface area contributed by atoms with Crippen LogP contribution >= 0.6 is 22.6 Å². The number of hydrogen-bond donors (Lipinski definition) is 1. The molecular formula is C10H10IN5O2. The third-order valence-electron chi connectivity index (χ3n) is 2.02. The van der Waals surface area contributed by atoms with Crippen molar-refractivity contribution in [3.63, 3.8) is 0 Å². The number of rotatable bonds is 3. The van der Waals surface area contributed by atoms with Crippen molar-refractivity contribution in [2.24, 2.45) is 0 Å². The van der Waals surface area contributed by atoms with Gasteiger partial charge < -0.3 is 10.5 Å². The van der Waals surface area contributed by atoms with Crippen LogP contribution in [0.2, 0.25) is 0 Å². The molecule has 2 aromatic heterocycles. The van der Waals surface area contributed by atoms with E-state index in [9.17, 15) is 4.79 Å². The van der Waals surface area contributed by atoms with E-state index in [1.807, 2.05) is 0 Å². The summed E-state index contributed by atoms with van der Waals surface area (Å²) in [5.41, 5.74) is 6.00. The normalized spacial score (nSPS) is 10.3. The van der Waals surface area contributed by atoms with E-state index in [-0.39, 0.29) is 18.0 Å². The van der Waals surface area contributed by atoms with Crippen molar-refractivity contribution in [1.82, 2.24) is 19.7 Å². The second kappa shape index (κ2) is 5.29. The molecule has 7 nitrogen and oxygen atoms in total. The van der Waals surface area contributed by atoms with Crippen molar-refractivity contribution in [2.45, 2.75) is 6.92 Å². The largest absolute Gasteiger partial charge is 0.461 e. The number of hydrogen-bond acceptors (Lipinski definition) is 6. The van der Waals surface area contributed by atoms with E-state index in [1.54, 1.807) is 19.3 Å². The van der Waals surface area contributed by atoms with Gasteiger partial charge in [-0.05, 0) is 29.5 Å². The van der Waals surface area contributed by atoms with Gasteiger partial charge in [-0.3, -0.25) is 0 Å². The fourth-order valence-electron chi connectivity index (χ4n) is 1.27. The van der Waals surface area contributed by atoms with Crippen molar-refractivity contribution in [2.75, 3.05) is 12.3 Å². The van der Waals surface area contributed by atoms with E-state index in [0.717, 1.165) is 3.57 Å². The molecule has 2 rings (SSSR count). The molecule has 0 amide bonds. The van der Waals surface area contributed by atoms with Crippen LogP contribution in [-0.2, 0) is 4.74 Å². The third-order valence-corrected chi connectivity index (χ3v) is 2.58. The van der Waals surface area contributed by atoms with Crippen LogP contribution in [0.1, 0.15) is 17.4 Å². The minimum atomic E-state index is -0.556. The van der Waals surface area contributed by atoms with Crippen LogP contribution < -0.4 is 5.73 Å². The van der Waals surface area contributed by atoms with Crippen LogP contribution in [0, 0.1) is 3.57 Å². The standard InChI is InChI=1S/C10H10IN5O2/c1-2-18-9(17)8-7(12)5-16(15-8)10-13-3-6(11)4-14-10/h3-5H,2,12H2,1H3. The highest BCUT2D eigenvalue weighted by molar-refractivity contribution is 14.1. The lowest BCUT2D eigenvalue weighted by Gasteiger charge is -1.99. The average molecular weight is 359 g/mol. The first-order valence-electron chi connectivity index (χ1n) is 5.12. The van der Waals surface area contributed by atoms with Gasteiger partial charge >= 0.3 is 5.97 Å². The second-order valence-corrected chi connectivity index (χ2v) is 4.55. The Morgan fingerprint density at radius 2 is 2.17 bits per heavy atom. The number of aromatic nitrogens is 4. The summed E-state index contributed by atoms with van der Waals surface area (Å²) in [6.45, 7) is 1.98. The number of esters is 1. The second-order valence-electron chi connectivity index (χ2n) is 3.30. The molecule has 94 valence electrons. The monoisotopic (exact) mass is 359 g/mol.